The van der Waals surface area contributed by atoms with Crippen molar-refractivity contribution in [1.29, 1.82) is 0 Å². The quantitative estimate of drug-likeness (QED) is 0.178. The van der Waals surface area contributed by atoms with Crippen LogP contribution < -0.4 is 5.32 Å². The van der Waals surface area contributed by atoms with E-state index in [0.29, 0.717) is 5.56 Å². The van der Waals surface area contributed by atoms with Crippen LogP contribution in [0, 0.1) is 40.7 Å². The average Bonchev–Trinajstić information content (AvgIpc) is 3.37. The van der Waals surface area contributed by atoms with Crippen LogP contribution in [0.3, 0.4) is 0 Å². The zero-order valence-electron chi connectivity index (χ0n) is 17.7. The van der Waals surface area contributed by atoms with Crippen molar-refractivity contribution in [2.75, 3.05) is 11.9 Å². The van der Waals surface area contributed by atoms with Gasteiger partial charge in [-0.3, -0.25) is 29.4 Å². The fourth-order valence-electron chi connectivity index (χ4n) is 5.20. The van der Waals surface area contributed by atoms with E-state index in [0.717, 1.165) is 11.3 Å². The number of nitro benzene ring substituents is 1. The van der Waals surface area contributed by atoms with Gasteiger partial charge >= 0.3 is 5.97 Å². The van der Waals surface area contributed by atoms with Gasteiger partial charge in [0.15, 0.2) is 6.61 Å². The van der Waals surface area contributed by atoms with E-state index in [9.17, 15) is 29.3 Å². The molecule has 33 heavy (non-hydrogen) atoms. The highest BCUT2D eigenvalue weighted by Crippen LogP contribution is 2.60. The van der Waals surface area contributed by atoms with Crippen LogP contribution in [0.4, 0.5) is 11.4 Å². The number of nitro groups is 1. The van der Waals surface area contributed by atoms with E-state index in [1.54, 1.807) is 6.92 Å². The molecular formula is C21H21Br2N3O7. The molecule has 2 aliphatic carbocycles. The van der Waals surface area contributed by atoms with Crippen LogP contribution in [-0.4, -0.2) is 55.8 Å². The van der Waals surface area contributed by atoms with Crippen molar-refractivity contribution in [3.63, 3.8) is 0 Å². The van der Waals surface area contributed by atoms with Gasteiger partial charge in [-0.25, -0.2) is 4.79 Å². The summed E-state index contributed by atoms with van der Waals surface area (Å²) in [6, 6.07) is 3.03. The molecule has 2 bridgehead atoms. The Morgan fingerprint density at radius 3 is 2.33 bits per heavy atom. The van der Waals surface area contributed by atoms with Crippen molar-refractivity contribution in [2.24, 2.45) is 23.7 Å². The van der Waals surface area contributed by atoms with Gasteiger partial charge in [0.05, 0.1) is 16.8 Å². The number of nitrogens with one attached hydrogen (secondary N) is 1. The Morgan fingerprint density at radius 2 is 1.79 bits per heavy atom. The number of anilines is 1. The minimum absolute atomic E-state index is 0.0263. The summed E-state index contributed by atoms with van der Waals surface area (Å²) in [5.74, 6) is -3.17. The lowest BCUT2D eigenvalue weighted by Crippen LogP contribution is -2.45. The summed E-state index contributed by atoms with van der Waals surface area (Å²) in [6.45, 7) is 2.31. The summed E-state index contributed by atoms with van der Waals surface area (Å²) in [7, 11) is 0. The second-order valence-corrected chi connectivity index (χ2v) is 10.8. The number of carbonyl (C=O) groups excluding carboxylic acids is 4. The molecule has 3 amide bonds. The number of fused-ring (bicyclic) bond motifs is 5. The number of carbonyl (C=O) groups is 4. The molecule has 0 spiro atoms. The Labute approximate surface area is 205 Å². The average molecular weight is 587 g/mol. The number of benzene rings is 1. The maximum Gasteiger partial charge on any atom is 0.329 e. The molecule has 1 N–H and O–H groups in total. The number of likely N-dealkylation sites (tertiary alicyclic amines) is 1. The van der Waals surface area contributed by atoms with Gasteiger partial charge in [0.25, 0.3) is 11.6 Å². The monoisotopic (exact) mass is 585 g/mol. The fraction of sp³-hybridized carbons (Fsp3) is 0.524. The highest BCUT2D eigenvalue weighted by Gasteiger charge is 2.67. The number of aryl methyl sites for hydroxylation is 1. The van der Waals surface area contributed by atoms with Crippen molar-refractivity contribution in [2.45, 2.75) is 36.0 Å². The third kappa shape index (κ3) is 3.96. The number of rotatable bonds is 6. The standard InChI is InChI=1S/C21H21Br2N3O7/c1-8-3-4-10(5-13(8)26(31)32)24-14(27)7-33-21(30)9(2)25-19(28)15-11-6-12(16(15)20(25)29)18(23)17(11)22/h3-5,9,11-12,15-18H,6-7H2,1-2H3,(H,24,27)/t9-,11+,12+,15-,16+,17-,18-/m0/s1. The fourth-order valence-corrected chi connectivity index (χ4v) is 7.07. The highest BCUT2D eigenvalue weighted by molar-refractivity contribution is 9.12. The molecule has 1 aliphatic heterocycles. The summed E-state index contributed by atoms with van der Waals surface area (Å²) in [6.07, 6.45) is 0.780. The van der Waals surface area contributed by atoms with Crippen molar-refractivity contribution in [3.8, 4) is 0 Å². The second kappa shape index (κ2) is 8.79. The van der Waals surface area contributed by atoms with Gasteiger partial charge in [-0.1, -0.05) is 37.9 Å². The molecule has 2 saturated carbocycles. The number of esters is 1. The van der Waals surface area contributed by atoms with E-state index in [4.69, 9.17) is 4.74 Å². The number of ether oxygens (including phenoxy) is 1. The maximum absolute atomic E-state index is 13.0. The van der Waals surface area contributed by atoms with Crippen LogP contribution in [-0.2, 0) is 23.9 Å². The molecule has 0 radical (unpaired) electrons. The summed E-state index contributed by atoms with van der Waals surface area (Å²) in [5, 5.41) is 13.5. The third-order valence-corrected chi connectivity index (χ3v) is 9.99. The number of alkyl halides is 2. The predicted molar refractivity (Wildman–Crippen MR) is 123 cm³/mol. The van der Waals surface area contributed by atoms with Gasteiger partial charge in [0, 0.05) is 27.0 Å². The zero-order chi connectivity index (χ0) is 24.2. The first-order valence-electron chi connectivity index (χ1n) is 10.4. The molecule has 1 aromatic rings. The van der Waals surface area contributed by atoms with Gasteiger partial charge in [-0.05, 0) is 38.2 Å². The zero-order valence-corrected chi connectivity index (χ0v) is 20.9. The lowest BCUT2D eigenvalue weighted by Gasteiger charge is -2.28. The van der Waals surface area contributed by atoms with Gasteiger partial charge in [0.2, 0.25) is 11.8 Å². The van der Waals surface area contributed by atoms with Crippen molar-refractivity contribution in [3.05, 3.63) is 33.9 Å². The Balaban J connectivity index is 1.36. The van der Waals surface area contributed by atoms with Crippen molar-refractivity contribution < 1.29 is 28.8 Å². The van der Waals surface area contributed by atoms with Crippen LogP contribution in [0.15, 0.2) is 18.2 Å². The molecule has 10 nitrogen and oxygen atoms in total. The van der Waals surface area contributed by atoms with Crippen LogP contribution in [0.25, 0.3) is 0 Å². The van der Waals surface area contributed by atoms with E-state index in [-0.39, 0.29) is 44.7 Å². The largest absolute Gasteiger partial charge is 0.454 e. The lowest BCUT2D eigenvalue weighted by atomic mass is 9.81. The minimum atomic E-state index is -1.16. The maximum atomic E-state index is 13.0. The number of halogens is 2. The Hall–Kier alpha value is -2.34. The molecule has 1 heterocycles. The molecule has 0 aromatic heterocycles. The Kier molecular flexibility index (Phi) is 6.34. The molecule has 176 valence electrons. The smallest absolute Gasteiger partial charge is 0.329 e. The second-order valence-electron chi connectivity index (χ2n) is 8.64. The summed E-state index contributed by atoms with van der Waals surface area (Å²) < 4.78 is 5.03. The highest BCUT2D eigenvalue weighted by atomic mass is 79.9. The number of hydrogen-bond acceptors (Lipinski definition) is 7. The SMILES string of the molecule is Cc1ccc(NC(=O)COC(=O)[C@H](C)N2C(=O)[C@@H]3[C@H]4C[C@@H]([C@H](Br)[C@H]4Br)[C@@H]3C2=O)cc1[N+](=O)[O-]. The van der Waals surface area contributed by atoms with Crippen molar-refractivity contribution >= 4 is 66.9 Å². The molecular weight excluding hydrogens is 566 g/mol. The first-order chi connectivity index (χ1) is 15.5. The molecule has 1 saturated heterocycles. The summed E-state index contributed by atoms with van der Waals surface area (Å²) in [4.78, 5) is 62.3. The van der Waals surface area contributed by atoms with Gasteiger partial charge in [-0.2, -0.15) is 0 Å². The molecule has 0 unspecified atom stereocenters. The van der Waals surface area contributed by atoms with Crippen LogP contribution in [0.1, 0.15) is 18.9 Å². The molecule has 3 aliphatic rings. The minimum Gasteiger partial charge on any atom is -0.454 e. The van der Waals surface area contributed by atoms with Crippen LogP contribution >= 0.6 is 31.9 Å². The topological polar surface area (TPSA) is 136 Å². The van der Waals surface area contributed by atoms with E-state index in [2.05, 4.69) is 37.2 Å². The normalized spacial score (nSPS) is 30.8. The van der Waals surface area contributed by atoms with E-state index < -0.39 is 41.3 Å². The van der Waals surface area contributed by atoms with Gasteiger partial charge in [-0.15, -0.1) is 0 Å². The first-order valence-corrected chi connectivity index (χ1v) is 12.2. The van der Waals surface area contributed by atoms with E-state index in [1.165, 1.54) is 25.1 Å². The molecule has 1 aromatic carbocycles. The van der Waals surface area contributed by atoms with E-state index in [1.807, 2.05) is 0 Å². The summed E-state index contributed by atoms with van der Waals surface area (Å²) >= 11 is 7.22. The Morgan fingerprint density at radius 1 is 1.21 bits per heavy atom. The molecule has 4 rings (SSSR count). The lowest BCUT2D eigenvalue weighted by molar-refractivity contribution is -0.385. The van der Waals surface area contributed by atoms with Crippen molar-refractivity contribution in [1.82, 2.24) is 4.90 Å². The predicted octanol–water partition coefficient (Wildman–Crippen LogP) is 2.55. The number of imide groups is 1. The third-order valence-electron chi connectivity index (χ3n) is 6.78. The molecule has 7 atom stereocenters. The van der Waals surface area contributed by atoms with Crippen LogP contribution in [0.5, 0.6) is 0 Å². The van der Waals surface area contributed by atoms with E-state index >= 15 is 0 Å². The first kappa shape index (κ1) is 23.8. The number of amides is 3. The number of hydrogen-bond donors (Lipinski definition) is 1. The number of nitrogens with zero attached hydrogens (tertiary/aromatic N) is 2. The Bertz CT molecular complexity index is 1030. The van der Waals surface area contributed by atoms with Crippen LogP contribution in [0.2, 0.25) is 0 Å². The molecule has 3 fully saturated rings. The van der Waals surface area contributed by atoms with Gasteiger partial charge < -0.3 is 10.1 Å². The molecule has 12 heteroatoms. The summed E-state index contributed by atoms with van der Waals surface area (Å²) in [5.41, 5.74) is 0.470. The van der Waals surface area contributed by atoms with Gasteiger partial charge in [0.1, 0.15) is 6.04 Å².